The van der Waals surface area contributed by atoms with Gasteiger partial charge in [-0.15, -0.1) is 0 Å². The monoisotopic (exact) mass is 580 g/mol. The number of hydrogen-bond acceptors (Lipinski definition) is 7. The van der Waals surface area contributed by atoms with E-state index in [4.69, 9.17) is 33.0 Å². The van der Waals surface area contributed by atoms with Gasteiger partial charge in [-0.2, -0.15) is 10.2 Å². The Morgan fingerprint density at radius 3 is 2.28 bits per heavy atom. The summed E-state index contributed by atoms with van der Waals surface area (Å²) in [7, 11) is -3.30. The summed E-state index contributed by atoms with van der Waals surface area (Å²) in [6, 6.07) is 18.5. The van der Waals surface area contributed by atoms with Crippen LogP contribution in [0.3, 0.4) is 0 Å². The molecule has 1 fully saturated rings. The second-order valence-corrected chi connectivity index (χ2v) is 12.4. The summed E-state index contributed by atoms with van der Waals surface area (Å²) in [4.78, 5) is 17.5. The largest absolute Gasteiger partial charge is 0.334 e. The predicted molar refractivity (Wildman–Crippen MR) is 147 cm³/mol. The fraction of sp³-hybridized carbons (Fsp3) is 0.214. The highest BCUT2D eigenvalue weighted by molar-refractivity contribution is 7.91. The maximum absolute atomic E-state index is 12.7. The Balaban J connectivity index is 1.32. The van der Waals surface area contributed by atoms with Gasteiger partial charge in [0.25, 0.3) is 5.89 Å². The van der Waals surface area contributed by atoms with Crippen LogP contribution in [0.2, 0.25) is 10.0 Å². The highest BCUT2D eigenvalue weighted by Gasteiger charge is 2.52. The number of hydrogen-bond donors (Lipinski definition) is 1. The fourth-order valence-electron chi connectivity index (χ4n) is 4.41. The summed E-state index contributed by atoms with van der Waals surface area (Å²) in [5.41, 5.74) is 2.41. The van der Waals surface area contributed by atoms with Crippen molar-refractivity contribution in [1.82, 2.24) is 10.1 Å². The topological polar surface area (TPSA) is 126 Å². The molecule has 8 nitrogen and oxygen atoms in total. The number of rotatable bonds is 8. The minimum Gasteiger partial charge on any atom is -0.334 e. The molecule has 1 aliphatic rings. The SMILES string of the molecule is CCS(=O)(=O)c1ccc(CC(=O)Nc2cc(Cl)c(C3(c4noc(-c5ccc(C#N)cc5)n4)CC3)c(Cl)c2)cc1. The van der Waals surface area contributed by atoms with E-state index in [0.29, 0.717) is 49.7 Å². The quantitative estimate of drug-likeness (QED) is 0.272. The first-order chi connectivity index (χ1) is 18.6. The molecule has 0 atom stereocenters. The Labute approximate surface area is 235 Å². The van der Waals surface area contributed by atoms with E-state index < -0.39 is 15.3 Å². The van der Waals surface area contributed by atoms with Crippen molar-refractivity contribution in [2.45, 2.75) is 36.5 Å². The molecule has 0 saturated heterocycles. The van der Waals surface area contributed by atoms with Crippen LogP contribution in [0.5, 0.6) is 0 Å². The third-order valence-corrected chi connectivity index (χ3v) is 9.04. The first kappa shape index (κ1) is 26.9. The van der Waals surface area contributed by atoms with Crippen molar-refractivity contribution in [2.24, 2.45) is 0 Å². The summed E-state index contributed by atoms with van der Waals surface area (Å²) in [5.74, 6) is 0.511. The number of amides is 1. The number of carbonyl (C=O) groups excluding carboxylic acids is 1. The maximum atomic E-state index is 12.7. The molecule has 198 valence electrons. The normalized spacial score (nSPS) is 14.0. The van der Waals surface area contributed by atoms with Gasteiger partial charge in [-0.1, -0.05) is 47.4 Å². The van der Waals surface area contributed by atoms with Crippen LogP contribution in [0.25, 0.3) is 11.5 Å². The van der Waals surface area contributed by atoms with E-state index >= 15 is 0 Å². The van der Waals surface area contributed by atoms with Crippen molar-refractivity contribution in [3.63, 3.8) is 0 Å². The number of aromatic nitrogens is 2. The third kappa shape index (κ3) is 5.41. The fourth-order valence-corrected chi connectivity index (χ4v) is 6.14. The van der Waals surface area contributed by atoms with Gasteiger partial charge in [0.1, 0.15) is 0 Å². The molecule has 5 rings (SSSR count). The molecule has 1 aliphatic carbocycles. The molecule has 1 saturated carbocycles. The van der Waals surface area contributed by atoms with Crippen molar-refractivity contribution in [1.29, 1.82) is 5.26 Å². The molecule has 0 unspecified atom stereocenters. The molecule has 0 radical (unpaired) electrons. The van der Waals surface area contributed by atoms with Crippen molar-refractivity contribution in [2.75, 3.05) is 11.1 Å². The maximum Gasteiger partial charge on any atom is 0.257 e. The number of nitrogens with one attached hydrogen (secondary N) is 1. The predicted octanol–water partition coefficient (Wildman–Crippen LogP) is 5.97. The zero-order chi connectivity index (χ0) is 27.8. The smallest absolute Gasteiger partial charge is 0.257 e. The molecule has 1 heterocycles. The summed E-state index contributed by atoms with van der Waals surface area (Å²) < 4.78 is 29.5. The van der Waals surface area contributed by atoms with Crippen molar-refractivity contribution < 1.29 is 17.7 Å². The van der Waals surface area contributed by atoms with Crippen molar-refractivity contribution >= 4 is 44.6 Å². The van der Waals surface area contributed by atoms with Crippen LogP contribution in [0, 0.1) is 11.3 Å². The van der Waals surface area contributed by atoms with Gasteiger partial charge in [-0.3, -0.25) is 4.79 Å². The number of nitriles is 1. The summed E-state index contributed by atoms with van der Waals surface area (Å²) in [6.45, 7) is 1.58. The van der Waals surface area contributed by atoms with Gasteiger partial charge in [0.05, 0.1) is 34.1 Å². The van der Waals surface area contributed by atoms with Gasteiger partial charge < -0.3 is 9.84 Å². The molecular formula is C28H22Cl2N4O4S. The molecular weight excluding hydrogens is 559 g/mol. The average Bonchev–Trinajstić information content (AvgIpc) is 3.54. The second-order valence-electron chi connectivity index (χ2n) is 9.28. The van der Waals surface area contributed by atoms with E-state index in [1.165, 1.54) is 12.1 Å². The molecule has 4 aromatic rings. The summed E-state index contributed by atoms with van der Waals surface area (Å²) in [6.07, 6.45) is 1.51. The Morgan fingerprint density at radius 2 is 1.72 bits per heavy atom. The molecule has 1 N–H and O–H groups in total. The van der Waals surface area contributed by atoms with E-state index in [1.54, 1.807) is 55.5 Å². The lowest BCUT2D eigenvalue weighted by Gasteiger charge is -2.17. The lowest BCUT2D eigenvalue weighted by Crippen LogP contribution is -2.16. The van der Waals surface area contributed by atoms with Crippen LogP contribution in [-0.4, -0.2) is 30.2 Å². The van der Waals surface area contributed by atoms with Crippen molar-refractivity contribution in [3.05, 3.63) is 93.2 Å². The molecule has 11 heteroatoms. The van der Waals surface area contributed by atoms with Gasteiger partial charge >= 0.3 is 0 Å². The van der Waals surface area contributed by atoms with Crippen LogP contribution in [-0.2, 0) is 26.5 Å². The second kappa shape index (κ2) is 10.5. The Morgan fingerprint density at radius 1 is 1.08 bits per heavy atom. The zero-order valence-corrected chi connectivity index (χ0v) is 23.1. The Bertz CT molecular complexity index is 1680. The first-order valence-corrected chi connectivity index (χ1v) is 14.5. The van der Waals surface area contributed by atoms with Gasteiger partial charge in [-0.05, 0) is 66.9 Å². The lowest BCUT2D eigenvalue weighted by atomic mass is 9.94. The van der Waals surface area contributed by atoms with Gasteiger partial charge in [-0.25, -0.2) is 8.42 Å². The number of nitrogens with zero attached hydrogens (tertiary/aromatic N) is 3. The van der Waals surface area contributed by atoms with Crippen LogP contribution in [0.4, 0.5) is 5.69 Å². The van der Waals surface area contributed by atoms with Gasteiger partial charge in [0.15, 0.2) is 15.7 Å². The first-order valence-electron chi connectivity index (χ1n) is 12.1. The summed E-state index contributed by atoms with van der Waals surface area (Å²) in [5, 5.41) is 16.7. The molecule has 3 aromatic carbocycles. The lowest BCUT2D eigenvalue weighted by molar-refractivity contribution is -0.115. The van der Waals surface area contributed by atoms with Crippen LogP contribution in [0.15, 0.2) is 70.1 Å². The van der Waals surface area contributed by atoms with Crippen LogP contribution in [0.1, 0.15) is 42.3 Å². The Hall–Kier alpha value is -3.71. The number of halogens is 2. The van der Waals surface area contributed by atoms with E-state index in [1.807, 2.05) is 0 Å². The molecule has 39 heavy (non-hydrogen) atoms. The molecule has 0 bridgehead atoms. The van der Waals surface area contributed by atoms with Gasteiger partial charge in [0, 0.05) is 26.9 Å². The molecule has 1 amide bonds. The number of benzene rings is 3. The van der Waals surface area contributed by atoms with Crippen LogP contribution >= 0.6 is 23.2 Å². The highest BCUT2D eigenvalue weighted by atomic mass is 35.5. The van der Waals surface area contributed by atoms with Gasteiger partial charge in [0.2, 0.25) is 5.91 Å². The minimum absolute atomic E-state index is 0.0106. The standard InChI is InChI=1S/C28H22Cl2N4O4S/c1-2-39(36,37)21-9-5-17(6-10-21)13-24(35)32-20-14-22(29)25(23(30)15-20)28(11-12-28)27-33-26(38-34-27)19-7-3-18(16-31)4-8-19/h3-10,14-15H,2,11-13H2,1H3,(H,32,35). The molecule has 0 spiro atoms. The highest BCUT2D eigenvalue weighted by Crippen LogP contribution is 2.57. The number of anilines is 1. The van der Waals surface area contributed by atoms with E-state index in [-0.39, 0.29) is 23.0 Å². The number of carbonyl (C=O) groups is 1. The van der Waals surface area contributed by atoms with E-state index in [0.717, 1.165) is 12.8 Å². The zero-order valence-electron chi connectivity index (χ0n) is 20.7. The average molecular weight is 581 g/mol. The number of sulfone groups is 1. The van der Waals surface area contributed by atoms with Crippen molar-refractivity contribution in [3.8, 4) is 17.5 Å². The minimum atomic E-state index is -3.30. The Kier molecular flexibility index (Phi) is 7.21. The summed E-state index contributed by atoms with van der Waals surface area (Å²) >= 11 is 13.3. The molecule has 0 aliphatic heterocycles. The van der Waals surface area contributed by atoms with E-state index in [9.17, 15) is 13.2 Å². The third-order valence-electron chi connectivity index (χ3n) is 6.70. The molecule has 1 aromatic heterocycles. The van der Waals surface area contributed by atoms with Crippen LogP contribution < -0.4 is 5.32 Å². The van der Waals surface area contributed by atoms with E-state index in [2.05, 4.69) is 21.5 Å².